The molecule has 0 unspecified atom stereocenters. The Morgan fingerprint density at radius 3 is 2.47 bits per heavy atom. The first kappa shape index (κ1) is 28.8. The number of halogens is 3. The van der Waals surface area contributed by atoms with Gasteiger partial charge in [-0.25, -0.2) is 4.98 Å². The topological polar surface area (TPSA) is 83.1 Å². The number of nitrogens with zero attached hydrogens (tertiary/aromatic N) is 7. The lowest BCUT2D eigenvalue weighted by molar-refractivity contribution is -0.137. The van der Waals surface area contributed by atoms with E-state index in [9.17, 15) is 13.2 Å². The fourth-order valence-corrected chi connectivity index (χ4v) is 7.77. The summed E-state index contributed by atoms with van der Waals surface area (Å²) in [5.74, 6) is 2.16. The molecule has 2 aliphatic carbocycles. The van der Waals surface area contributed by atoms with E-state index in [1.165, 1.54) is 50.8 Å². The quantitative estimate of drug-likeness (QED) is 0.347. The zero-order valence-electron chi connectivity index (χ0n) is 24.7. The number of rotatable bonds is 7. The summed E-state index contributed by atoms with van der Waals surface area (Å²) < 4.78 is 54.3. The van der Waals surface area contributed by atoms with Crippen LogP contribution in [-0.4, -0.2) is 66.8 Å². The van der Waals surface area contributed by atoms with Gasteiger partial charge in [-0.1, -0.05) is 0 Å². The predicted molar refractivity (Wildman–Crippen MR) is 151 cm³/mol. The molecule has 0 bridgehead atoms. The van der Waals surface area contributed by atoms with E-state index in [-0.39, 0.29) is 18.4 Å². The molecule has 2 saturated carbocycles. The molecule has 1 spiro atoms. The number of alkyl halides is 3. The third-order valence-electron chi connectivity index (χ3n) is 10.4. The summed E-state index contributed by atoms with van der Waals surface area (Å²) in [7, 11) is 1.89. The number of pyridine rings is 1. The van der Waals surface area contributed by atoms with E-state index in [1.807, 2.05) is 11.6 Å². The lowest BCUT2D eigenvalue weighted by Crippen LogP contribution is -2.60. The maximum atomic E-state index is 13.0. The molecule has 2 saturated heterocycles. The van der Waals surface area contributed by atoms with Crippen LogP contribution in [0.15, 0.2) is 30.7 Å². The lowest BCUT2D eigenvalue weighted by Gasteiger charge is -2.52. The van der Waals surface area contributed by atoms with Crippen LogP contribution in [0.5, 0.6) is 5.88 Å². The molecule has 0 aromatic carbocycles. The first-order valence-electron chi connectivity index (χ1n) is 15.7. The maximum absolute atomic E-state index is 13.0. The Balaban J connectivity index is 0.886. The Morgan fingerprint density at radius 1 is 1.00 bits per heavy atom. The van der Waals surface area contributed by atoms with Gasteiger partial charge in [-0.2, -0.15) is 18.3 Å². The van der Waals surface area contributed by atoms with Crippen molar-refractivity contribution >= 4 is 0 Å². The van der Waals surface area contributed by atoms with Gasteiger partial charge in [0.1, 0.15) is 12.4 Å². The minimum Gasteiger partial charge on any atom is -0.469 e. The smallest absolute Gasteiger partial charge is 0.416 e. The van der Waals surface area contributed by atoms with Gasteiger partial charge in [0.05, 0.1) is 24.4 Å². The second kappa shape index (κ2) is 11.5. The highest BCUT2D eigenvalue weighted by Crippen LogP contribution is 2.44. The summed E-state index contributed by atoms with van der Waals surface area (Å²) in [6, 6.07) is 3.05. The van der Waals surface area contributed by atoms with Gasteiger partial charge >= 0.3 is 6.18 Å². The van der Waals surface area contributed by atoms with Crippen molar-refractivity contribution in [3.63, 3.8) is 0 Å². The lowest BCUT2D eigenvalue weighted by atomic mass is 9.76. The fraction of sp³-hybridized carbons (Fsp3) is 0.677. The van der Waals surface area contributed by atoms with Gasteiger partial charge in [0, 0.05) is 62.6 Å². The summed E-state index contributed by atoms with van der Waals surface area (Å²) in [6.45, 7) is 4.33. The van der Waals surface area contributed by atoms with Crippen LogP contribution in [0, 0.1) is 5.41 Å². The SMILES string of the molecule is Cn1c(COc2cc(C(F)(F)F)ccn2)nnc1[C@H]1CC[C@H](c2cnn([C@H]3CC[C@H](N4CC5(CCOC5)C4)CC3)c2)CC1. The van der Waals surface area contributed by atoms with Crippen LogP contribution in [-0.2, 0) is 24.6 Å². The van der Waals surface area contributed by atoms with Crippen molar-refractivity contribution in [2.24, 2.45) is 12.5 Å². The Kier molecular flexibility index (Phi) is 7.69. The van der Waals surface area contributed by atoms with E-state index < -0.39 is 11.7 Å². The second-order valence-electron chi connectivity index (χ2n) is 13.2. The second-order valence-corrected chi connectivity index (χ2v) is 13.2. The van der Waals surface area contributed by atoms with Gasteiger partial charge < -0.3 is 14.0 Å². The van der Waals surface area contributed by atoms with Gasteiger partial charge in [-0.15, -0.1) is 10.2 Å². The van der Waals surface area contributed by atoms with Crippen LogP contribution in [0.1, 0.15) is 98.4 Å². The van der Waals surface area contributed by atoms with Crippen molar-refractivity contribution in [3.8, 4) is 5.88 Å². The minimum atomic E-state index is -4.45. The molecule has 3 aromatic heterocycles. The monoisotopic (exact) mass is 599 g/mol. The summed E-state index contributed by atoms with van der Waals surface area (Å²) in [5.41, 5.74) is 1.01. The molecule has 4 aliphatic rings. The van der Waals surface area contributed by atoms with Crippen LogP contribution in [0.2, 0.25) is 0 Å². The Bertz CT molecular complexity index is 1390. The summed E-state index contributed by atoms with van der Waals surface area (Å²) in [5, 5.41) is 13.5. The first-order chi connectivity index (χ1) is 20.8. The third-order valence-corrected chi connectivity index (χ3v) is 10.4. The minimum absolute atomic E-state index is 0.00201. The largest absolute Gasteiger partial charge is 0.469 e. The third kappa shape index (κ3) is 5.92. The molecule has 0 N–H and O–H groups in total. The summed E-state index contributed by atoms with van der Waals surface area (Å²) >= 11 is 0. The molecule has 0 amide bonds. The Labute approximate surface area is 249 Å². The Hall–Kier alpha value is -2.99. The zero-order valence-corrected chi connectivity index (χ0v) is 24.7. The number of aromatic nitrogens is 6. The molecular formula is C31H40F3N7O2. The average molecular weight is 600 g/mol. The van der Waals surface area contributed by atoms with Crippen LogP contribution in [0.4, 0.5) is 13.2 Å². The average Bonchev–Trinajstić information content (AvgIpc) is 3.76. The van der Waals surface area contributed by atoms with Crippen LogP contribution in [0.25, 0.3) is 0 Å². The number of ether oxygens (including phenoxy) is 2. The molecule has 2 aliphatic heterocycles. The van der Waals surface area contributed by atoms with Crippen molar-refractivity contribution in [3.05, 3.63) is 53.5 Å². The van der Waals surface area contributed by atoms with E-state index in [0.29, 0.717) is 23.2 Å². The van der Waals surface area contributed by atoms with Gasteiger partial charge in [0.25, 0.3) is 0 Å². The van der Waals surface area contributed by atoms with E-state index in [2.05, 4.69) is 37.2 Å². The molecule has 4 fully saturated rings. The Morgan fingerprint density at radius 2 is 1.74 bits per heavy atom. The van der Waals surface area contributed by atoms with Crippen molar-refractivity contribution in [1.82, 2.24) is 34.4 Å². The van der Waals surface area contributed by atoms with Gasteiger partial charge in [0.15, 0.2) is 5.82 Å². The van der Waals surface area contributed by atoms with E-state index >= 15 is 0 Å². The van der Waals surface area contributed by atoms with Gasteiger partial charge in [-0.05, 0) is 75.3 Å². The summed E-state index contributed by atoms with van der Waals surface area (Å²) in [6.07, 6.45) is 11.3. The van der Waals surface area contributed by atoms with Gasteiger partial charge in [0.2, 0.25) is 5.88 Å². The molecular weight excluding hydrogens is 559 g/mol. The molecule has 3 aromatic rings. The number of hydrogen-bond acceptors (Lipinski definition) is 7. The zero-order chi connectivity index (χ0) is 29.6. The van der Waals surface area contributed by atoms with Crippen molar-refractivity contribution in [2.75, 3.05) is 26.3 Å². The van der Waals surface area contributed by atoms with Crippen LogP contribution < -0.4 is 4.74 Å². The van der Waals surface area contributed by atoms with Crippen molar-refractivity contribution < 1.29 is 22.6 Å². The maximum Gasteiger partial charge on any atom is 0.416 e. The number of hydrogen-bond donors (Lipinski definition) is 0. The van der Waals surface area contributed by atoms with Crippen LogP contribution >= 0.6 is 0 Å². The molecule has 12 heteroatoms. The van der Waals surface area contributed by atoms with Gasteiger partial charge in [-0.3, -0.25) is 9.58 Å². The predicted octanol–water partition coefficient (Wildman–Crippen LogP) is 5.65. The highest BCUT2D eigenvalue weighted by molar-refractivity contribution is 5.23. The molecule has 43 heavy (non-hydrogen) atoms. The van der Waals surface area contributed by atoms with E-state index in [4.69, 9.17) is 14.6 Å². The molecule has 232 valence electrons. The molecule has 0 radical (unpaired) electrons. The molecule has 7 rings (SSSR count). The highest BCUT2D eigenvalue weighted by Gasteiger charge is 2.48. The normalized spacial score (nSPS) is 27.8. The van der Waals surface area contributed by atoms with Crippen LogP contribution in [0.3, 0.4) is 0 Å². The molecule has 5 heterocycles. The molecule has 9 nitrogen and oxygen atoms in total. The van der Waals surface area contributed by atoms with E-state index in [1.54, 1.807) is 0 Å². The first-order valence-corrected chi connectivity index (χ1v) is 15.7. The van der Waals surface area contributed by atoms with Crippen molar-refractivity contribution in [1.29, 1.82) is 0 Å². The summed E-state index contributed by atoms with van der Waals surface area (Å²) in [4.78, 5) is 6.59. The fourth-order valence-electron chi connectivity index (χ4n) is 7.77. The van der Waals surface area contributed by atoms with E-state index in [0.717, 1.165) is 69.1 Å². The molecule has 0 atom stereocenters. The van der Waals surface area contributed by atoms with Crippen molar-refractivity contribution in [2.45, 2.75) is 94.5 Å². The highest BCUT2D eigenvalue weighted by atomic mass is 19.4. The standard InChI is InChI=1S/C31H40F3N7O2/c1-39-27(17-43-28-14-24(10-12-35-28)31(32,33)34)37-38-29(39)22-4-2-21(3-5-22)23-15-36-41(16-23)26-8-6-25(7-9-26)40-18-30(19-40)11-13-42-20-30/h10,12,14-16,21-22,25-26H,2-9,11,13,17-20H2,1H3/t21-,22-,25-,26-. The number of likely N-dealkylation sites (tertiary alicyclic amines) is 1.